The largest absolute Gasteiger partial charge is 0.373 e. The molecule has 1 fully saturated rings. The molecular weight excluding hydrogens is 371 g/mol. The first-order valence-electron chi connectivity index (χ1n) is 9.25. The summed E-state index contributed by atoms with van der Waals surface area (Å²) in [6.45, 7) is 4.16. The Kier molecular flexibility index (Phi) is 6.25. The van der Waals surface area contributed by atoms with Gasteiger partial charge in [-0.2, -0.15) is 5.26 Å². The monoisotopic (exact) mass is 392 g/mol. The predicted octanol–water partition coefficient (Wildman–Crippen LogP) is 3.20. The summed E-state index contributed by atoms with van der Waals surface area (Å²) in [4.78, 5) is 27.8. The zero-order chi connectivity index (χ0) is 20.8. The van der Waals surface area contributed by atoms with Crippen LogP contribution in [0.1, 0.15) is 17.3 Å². The van der Waals surface area contributed by atoms with Gasteiger partial charge in [-0.15, -0.1) is 0 Å². The minimum Gasteiger partial charge on any atom is -0.373 e. The Bertz CT molecular complexity index is 954. The van der Waals surface area contributed by atoms with E-state index in [1.54, 1.807) is 42.6 Å². The van der Waals surface area contributed by atoms with Crippen molar-refractivity contribution in [2.45, 2.75) is 6.92 Å². The van der Waals surface area contributed by atoms with E-state index < -0.39 is 5.91 Å². The fraction of sp³-hybridized carbons (Fsp3) is 0.227. The standard InChI is InChI=1S/C22H21FN4O2/c1-16(28)17-2-6-20(7-3-17)25-22(29)18(14-24)15-26-10-12-27(13-11-26)21-8-4-19(23)5-9-21/h2-9,15H,10-13H2,1H3,(H,25,29)/b18-15-. The van der Waals surface area contributed by atoms with Crippen LogP contribution in [-0.2, 0) is 4.79 Å². The Morgan fingerprint density at radius 2 is 1.66 bits per heavy atom. The van der Waals surface area contributed by atoms with Crippen molar-refractivity contribution >= 4 is 23.1 Å². The third kappa shape index (κ3) is 5.20. The molecule has 0 radical (unpaired) electrons. The highest BCUT2D eigenvalue weighted by Gasteiger charge is 2.18. The number of hydrogen-bond donors (Lipinski definition) is 1. The van der Waals surface area contributed by atoms with Crippen LogP contribution in [0.4, 0.5) is 15.8 Å². The van der Waals surface area contributed by atoms with E-state index in [4.69, 9.17) is 0 Å². The number of benzene rings is 2. The summed E-state index contributed by atoms with van der Waals surface area (Å²) in [6, 6.07) is 14.8. The fourth-order valence-corrected chi connectivity index (χ4v) is 3.07. The van der Waals surface area contributed by atoms with Gasteiger partial charge in [0.2, 0.25) is 0 Å². The molecule has 1 saturated heterocycles. The highest BCUT2D eigenvalue weighted by Crippen LogP contribution is 2.18. The predicted molar refractivity (Wildman–Crippen MR) is 109 cm³/mol. The molecule has 148 valence electrons. The van der Waals surface area contributed by atoms with Crippen molar-refractivity contribution in [3.8, 4) is 6.07 Å². The Morgan fingerprint density at radius 1 is 1.03 bits per heavy atom. The number of rotatable bonds is 5. The summed E-state index contributed by atoms with van der Waals surface area (Å²) in [5.74, 6) is -0.819. The van der Waals surface area contributed by atoms with E-state index in [1.165, 1.54) is 19.1 Å². The number of Topliss-reactive ketones (excluding diaryl/α,β-unsaturated/α-hetero) is 1. The van der Waals surface area contributed by atoms with Gasteiger partial charge in [0.05, 0.1) is 0 Å². The molecule has 1 amide bonds. The Labute approximate surface area is 168 Å². The van der Waals surface area contributed by atoms with Crippen LogP contribution in [0.3, 0.4) is 0 Å². The van der Waals surface area contributed by atoms with Crippen LogP contribution in [-0.4, -0.2) is 42.8 Å². The number of nitrogens with zero attached hydrogens (tertiary/aromatic N) is 3. The average Bonchev–Trinajstić information content (AvgIpc) is 2.73. The molecule has 2 aromatic rings. The van der Waals surface area contributed by atoms with Gasteiger partial charge in [0.25, 0.3) is 5.91 Å². The summed E-state index contributed by atoms with van der Waals surface area (Å²) in [5, 5.41) is 12.1. The van der Waals surface area contributed by atoms with Crippen LogP contribution >= 0.6 is 0 Å². The number of ketones is 1. The lowest BCUT2D eigenvalue weighted by atomic mass is 10.1. The van der Waals surface area contributed by atoms with Crippen LogP contribution < -0.4 is 10.2 Å². The topological polar surface area (TPSA) is 76.4 Å². The number of nitriles is 1. The van der Waals surface area contributed by atoms with Gasteiger partial charge in [0, 0.05) is 49.3 Å². The normalized spacial score (nSPS) is 14.3. The van der Waals surface area contributed by atoms with E-state index in [1.807, 2.05) is 11.0 Å². The molecule has 0 bridgehead atoms. The van der Waals surface area contributed by atoms with Gasteiger partial charge in [-0.3, -0.25) is 9.59 Å². The second kappa shape index (κ2) is 9.02. The molecule has 7 heteroatoms. The van der Waals surface area contributed by atoms with Crippen molar-refractivity contribution in [2.24, 2.45) is 0 Å². The molecule has 1 aliphatic heterocycles. The molecule has 0 aromatic heterocycles. The lowest BCUT2D eigenvalue weighted by Crippen LogP contribution is -2.44. The van der Waals surface area contributed by atoms with E-state index in [9.17, 15) is 19.2 Å². The second-order valence-corrected chi connectivity index (χ2v) is 6.74. The first-order valence-corrected chi connectivity index (χ1v) is 9.25. The molecule has 1 aliphatic rings. The molecule has 0 spiro atoms. The third-order valence-corrected chi connectivity index (χ3v) is 4.73. The smallest absolute Gasteiger partial charge is 0.267 e. The van der Waals surface area contributed by atoms with Gasteiger partial charge in [-0.25, -0.2) is 4.39 Å². The molecule has 6 nitrogen and oxygen atoms in total. The molecule has 0 atom stereocenters. The van der Waals surface area contributed by atoms with E-state index in [2.05, 4.69) is 10.2 Å². The zero-order valence-corrected chi connectivity index (χ0v) is 16.1. The average molecular weight is 392 g/mol. The minimum absolute atomic E-state index is 0.0101. The van der Waals surface area contributed by atoms with Crippen LogP contribution in [0.5, 0.6) is 0 Å². The van der Waals surface area contributed by atoms with Crippen LogP contribution in [0, 0.1) is 17.1 Å². The van der Waals surface area contributed by atoms with Crippen molar-refractivity contribution in [1.82, 2.24) is 4.90 Å². The van der Waals surface area contributed by atoms with E-state index in [0.29, 0.717) is 37.4 Å². The summed E-state index contributed by atoms with van der Waals surface area (Å²) >= 11 is 0. The van der Waals surface area contributed by atoms with Gasteiger partial charge in [-0.1, -0.05) is 0 Å². The molecule has 2 aromatic carbocycles. The summed E-state index contributed by atoms with van der Waals surface area (Å²) in [6.07, 6.45) is 1.57. The lowest BCUT2D eigenvalue weighted by molar-refractivity contribution is -0.112. The number of carbonyl (C=O) groups is 2. The van der Waals surface area contributed by atoms with Crippen molar-refractivity contribution in [3.63, 3.8) is 0 Å². The molecule has 29 heavy (non-hydrogen) atoms. The van der Waals surface area contributed by atoms with Crippen molar-refractivity contribution < 1.29 is 14.0 Å². The van der Waals surface area contributed by atoms with E-state index in [0.717, 1.165) is 5.69 Å². The Morgan fingerprint density at radius 3 is 2.21 bits per heavy atom. The number of carbonyl (C=O) groups excluding carboxylic acids is 2. The quantitative estimate of drug-likeness (QED) is 0.480. The van der Waals surface area contributed by atoms with Crippen LogP contribution in [0.2, 0.25) is 0 Å². The summed E-state index contributed by atoms with van der Waals surface area (Å²) in [7, 11) is 0. The van der Waals surface area contributed by atoms with Crippen molar-refractivity contribution in [1.29, 1.82) is 5.26 Å². The number of nitrogens with one attached hydrogen (secondary N) is 1. The van der Waals surface area contributed by atoms with Crippen molar-refractivity contribution in [3.05, 3.63) is 71.7 Å². The van der Waals surface area contributed by atoms with Gasteiger partial charge in [-0.05, 0) is 55.5 Å². The zero-order valence-electron chi connectivity index (χ0n) is 16.1. The van der Waals surface area contributed by atoms with E-state index >= 15 is 0 Å². The molecule has 0 unspecified atom stereocenters. The van der Waals surface area contributed by atoms with Crippen molar-refractivity contribution in [2.75, 3.05) is 36.4 Å². The molecular formula is C22H21FN4O2. The fourth-order valence-electron chi connectivity index (χ4n) is 3.07. The molecule has 1 N–H and O–H groups in total. The van der Waals surface area contributed by atoms with E-state index in [-0.39, 0.29) is 17.2 Å². The number of piperazine rings is 1. The second-order valence-electron chi connectivity index (χ2n) is 6.74. The molecule has 3 rings (SSSR count). The highest BCUT2D eigenvalue weighted by atomic mass is 19.1. The first-order chi connectivity index (χ1) is 14.0. The number of hydrogen-bond acceptors (Lipinski definition) is 5. The summed E-state index contributed by atoms with van der Waals surface area (Å²) in [5.41, 5.74) is 2.03. The number of halogens is 1. The molecule has 0 saturated carbocycles. The maximum Gasteiger partial charge on any atom is 0.267 e. The maximum absolute atomic E-state index is 13.1. The van der Waals surface area contributed by atoms with Gasteiger partial charge in [0.15, 0.2) is 5.78 Å². The number of anilines is 2. The Hall–Kier alpha value is -3.66. The molecule has 0 aliphatic carbocycles. The van der Waals surface area contributed by atoms with Gasteiger partial charge < -0.3 is 15.1 Å². The van der Waals surface area contributed by atoms with Gasteiger partial charge in [0.1, 0.15) is 17.5 Å². The first kappa shape index (κ1) is 20.1. The Balaban J connectivity index is 1.59. The lowest BCUT2D eigenvalue weighted by Gasteiger charge is -2.35. The SMILES string of the molecule is CC(=O)c1ccc(NC(=O)/C(C#N)=C\N2CCN(c3ccc(F)cc3)CC2)cc1. The van der Waals surface area contributed by atoms with Crippen LogP contribution in [0.15, 0.2) is 60.3 Å². The maximum atomic E-state index is 13.1. The van der Waals surface area contributed by atoms with Crippen LogP contribution in [0.25, 0.3) is 0 Å². The minimum atomic E-state index is -0.496. The summed E-state index contributed by atoms with van der Waals surface area (Å²) < 4.78 is 13.1. The molecule has 1 heterocycles. The third-order valence-electron chi connectivity index (χ3n) is 4.73. The van der Waals surface area contributed by atoms with Gasteiger partial charge >= 0.3 is 0 Å². The highest BCUT2D eigenvalue weighted by molar-refractivity contribution is 6.06. The number of amides is 1.